The first kappa shape index (κ1) is 22.1. The van der Waals surface area contributed by atoms with Crippen molar-refractivity contribution in [2.24, 2.45) is 0 Å². The van der Waals surface area contributed by atoms with E-state index in [0.717, 1.165) is 0 Å². The lowest BCUT2D eigenvalue weighted by molar-refractivity contribution is -0.172. The molecule has 0 spiro atoms. The van der Waals surface area contributed by atoms with Gasteiger partial charge in [-0.15, -0.1) is 0 Å². The first-order chi connectivity index (χ1) is 11.3. The molecule has 5 nitrogen and oxygen atoms in total. The van der Waals surface area contributed by atoms with Crippen molar-refractivity contribution >= 4 is 5.97 Å². The lowest BCUT2D eigenvalue weighted by Crippen LogP contribution is -2.39. The van der Waals surface area contributed by atoms with Gasteiger partial charge in [-0.05, 0) is 39.5 Å². The third kappa shape index (κ3) is 7.07. The van der Waals surface area contributed by atoms with Gasteiger partial charge in [-0.2, -0.15) is 0 Å². The minimum atomic E-state index is -2.88. The van der Waals surface area contributed by atoms with E-state index in [9.17, 15) is 22.4 Å². The van der Waals surface area contributed by atoms with Gasteiger partial charge in [0.25, 0.3) is 11.8 Å². The number of carbonyl (C=O) groups is 1. The minimum Gasteiger partial charge on any atom is -0.479 e. The van der Waals surface area contributed by atoms with Gasteiger partial charge in [0.05, 0.1) is 12.2 Å². The van der Waals surface area contributed by atoms with Crippen molar-refractivity contribution in [1.29, 1.82) is 0 Å². The van der Waals surface area contributed by atoms with E-state index in [0.29, 0.717) is 12.8 Å². The summed E-state index contributed by atoms with van der Waals surface area (Å²) in [7, 11) is 0. The smallest absolute Gasteiger partial charge is 0.335 e. The molecular weight excluding hydrogens is 348 g/mol. The van der Waals surface area contributed by atoms with Gasteiger partial charge >= 0.3 is 5.97 Å². The summed E-state index contributed by atoms with van der Waals surface area (Å²) in [6, 6.07) is 0. The molecule has 0 amide bonds. The largest absolute Gasteiger partial charge is 0.479 e. The van der Waals surface area contributed by atoms with Crippen molar-refractivity contribution in [3.63, 3.8) is 0 Å². The molecule has 2 saturated heterocycles. The molecule has 2 rings (SSSR count). The maximum atomic E-state index is 12.8. The Balaban J connectivity index is 0.000000251. The molecule has 2 aliphatic heterocycles. The summed E-state index contributed by atoms with van der Waals surface area (Å²) in [5.74, 6) is -6.77. The topological polar surface area (TPSA) is 76.0 Å². The van der Waals surface area contributed by atoms with Crippen LogP contribution in [0.5, 0.6) is 0 Å². The van der Waals surface area contributed by atoms with E-state index in [1.54, 1.807) is 6.92 Å². The second kappa shape index (κ2) is 8.18. The summed E-state index contributed by atoms with van der Waals surface area (Å²) in [5.41, 5.74) is -2.21. The number of aliphatic hydroxyl groups excluding tert-OH is 1. The summed E-state index contributed by atoms with van der Waals surface area (Å²) in [6.07, 6.45) is 0.787. The Hall–Kier alpha value is -0.930. The van der Waals surface area contributed by atoms with Crippen LogP contribution in [0.15, 0.2) is 0 Å². The predicted octanol–water partition coefficient (Wildman–Crippen LogP) is 3.24. The van der Waals surface area contributed by atoms with E-state index >= 15 is 0 Å². The Labute approximate surface area is 144 Å². The van der Waals surface area contributed by atoms with Crippen molar-refractivity contribution in [2.45, 2.75) is 75.4 Å². The zero-order chi connectivity index (χ0) is 19.4. The Bertz CT molecular complexity index is 460. The third-order valence-electron chi connectivity index (χ3n) is 4.47. The molecule has 0 aromatic heterocycles. The fraction of sp³-hybridized carbons (Fsp3) is 0.938. The molecule has 2 atom stereocenters. The fourth-order valence-corrected chi connectivity index (χ4v) is 2.53. The van der Waals surface area contributed by atoms with Gasteiger partial charge in [0.15, 0.2) is 5.60 Å². The molecule has 2 N–H and O–H groups in total. The second-order valence-corrected chi connectivity index (χ2v) is 7.14. The van der Waals surface area contributed by atoms with E-state index in [1.807, 2.05) is 0 Å². The van der Waals surface area contributed by atoms with Gasteiger partial charge in [0, 0.05) is 12.8 Å². The zero-order valence-corrected chi connectivity index (χ0v) is 14.5. The van der Waals surface area contributed by atoms with Crippen molar-refractivity contribution in [2.75, 3.05) is 19.8 Å². The molecule has 2 aliphatic rings. The van der Waals surface area contributed by atoms with Crippen molar-refractivity contribution in [3.05, 3.63) is 0 Å². The summed E-state index contributed by atoms with van der Waals surface area (Å²) in [6.45, 7) is 1.44. The van der Waals surface area contributed by atoms with Crippen molar-refractivity contribution in [1.82, 2.24) is 0 Å². The first-order valence-corrected chi connectivity index (χ1v) is 8.21. The van der Waals surface area contributed by atoms with E-state index < -0.39 is 42.2 Å². The van der Waals surface area contributed by atoms with Crippen molar-refractivity contribution < 1.29 is 42.0 Å². The number of aliphatic hydroxyl groups is 1. The Morgan fingerprint density at radius 1 is 0.920 bits per heavy atom. The fourth-order valence-electron chi connectivity index (χ4n) is 2.53. The van der Waals surface area contributed by atoms with Crippen LogP contribution in [-0.4, -0.2) is 59.1 Å². The first-order valence-electron chi connectivity index (χ1n) is 8.21. The quantitative estimate of drug-likeness (QED) is 0.726. The SMILES string of the molecule is C[C@]1(C(=O)O)CCCC(F)(F)CO1.C[C@]1(CO)CCCC(F)(F)CO1. The van der Waals surface area contributed by atoms with Crippen molar-refractivity contribution in [3.8, 4) is 0 Å². The van der Waals surface area contributed by atoms with Crippen LogP contribution in [0.25, 0.3) is 0 Å². The average Bonchev–Trinajstić information content (AvgIpc) is 2.74. The number of hydrogen-bond donors (Lipinski definition) is 2. The Morgan fingerprint density at radius 2 is 1.40 bits per heavy atom. The van der Waals surface area contributed by atoms with Gasteiger partial charge < -0.3 is 19.7 Å². The highest BCUT2D eigenvalue weighted by Gasteiger charge is 2.42. The number of alkyl halides is 4. The predicted molar refractivity (Wildman–Crippen MR) is 81.0 cm³/mol. The monoisotopic (exact) mass is 374 g/mol. The summed E-state index contributed by atoms with van der Waals surface area (Å²) >= 11 is 0. The van der Waals surface area contributed by atoms with E-state index in [-0.39, 0.29) is 32.3 Å². The molecule has 0 aromatic rings. The third-order valence-corrected chi connectivity index (χ3v) is 4.47. The maximum Gasteiger partial charge on any atom is 0.335 e. The highest BCUT2D eigenvalue weighted by atomic mass is 19.3. The molecule has 0 aliphatic carbocycles. The minimum absolute atomic E-state index is 0.136. The number of halogens is 4. The molecule has 0 aromatic carbocycles. The van der Waals surface area contributed by atoms with Gasteiger partial charge in [0.2, 0.25) is 0 Å². The van der Waals surface area contributed by atoms with Crippen LogP contribution in [-0.2, 0) is 14.3 Å². The van der Waals surface area contributed by atoms with E-state index in [1.165, 1.54) is 6.92 Å². The molecule has 0 bridgehead atoms. The van der Waals surface area contributed by atoms with Gasteiger partial charge in [-0.3, -0.25) is 0 Å². The molecular formula is C16H26F4O5. The Kier molecular flexibility index (Phi) is 7.23. The number of aliphatic carboxylic acids is 1. The normalized spacial score (nSPS) is 34.8. The summed E-state index contributed by atoms with van der Waals surface area (Å²) in [5, 5.41) is 17.6. The van der Waals surface area contributed by atoms with Crippen LogP contribution in [0.2, 0.25) is 0 Å². The highest BCUT2D eigenvalue weighted by molar-refractivity contribution is 5.76. The summed E-state index contributed by atoms with van der Waals surface area (Å²) < 4.78 is 60.7. The van der Waals surface area contributed by atoms with Crippen LogP contribution in [0, 0.1) is 0 Å². The van der Waals surface area contributed by atoms with Crippen LogP contribution >= 0.6 is 0 Å². The summed E-state index contributed by atoms with van der Waals surface area (Å²) in [4.78, 5) is 10.7. The van der Waals surface area contributed by atoms with Crippen LogP contribution in [0.3, 0.4) is 0 Å². The van der Waals surface area contributed by atoms with Gasteiger partial charge in [-0.1, -0.05) is 0 Å². The molecule has 148 valence electrons. The lowest BCUT2D eigenvalue weighted by atomic mass is 9.99. The molecule has 9 heteroatoms. The molecule has 0 radical (unpaired) electrons. The number of ether oxygens (including phenoxy) is 2. The number of rotatable bonds is 2. The molecule has 0 unspecified atom stereocenters. The Morgan fingerprint density at radius 3 is 1.88 bits per heavy atom. The molecule has 2 fully saturated rings. The van der Waals surface area contributed by atoms with Crippen LogP contribution < -0.4 is 0 Å². The van der Waals surface area contributed by atoms with Crippen LogP contribution in [0.1, 0.15) is 52.4 Å². The van der Waals surface area contributed by atoms with E-state index in [2.05, 4.69) is 0 Å². The maximum absolute atomic E-state index is 12.8. The zero-order valence-electron chi connectivity index (χ0n) is 14.5. The van der Waals surface area contributed by atoms with E-state index in [4.69, 9.17) is 19.7 Å². The number of hydrogen-bond acceptors (Lipinski definition) is 4. The molecule has 25 heavy (non-hydrogen) atoms. The standard InChI is InChI=1S/C8H12F2O3.C8H14F2O2/c1-7(6(11)12)3-2-4-8(9,10)5-13-7;1-7(5-11)3-2-4-8(9,10)6-12-7/h2-5H2,1H3,(H,11,12);11H,2-6H2,1H3/t2*7-/m11/s1. The number of carboxylic acid groups (broad SMARTS) is 1. The molecule has 2 heterocycles. The van der Waals surface area contributed by atoms with Crippen LogP contribution in [0.4, 0.5) is 17.6 Å². The van der Waals surface area contributed by atoms with Gasteiger partial charge in [-0.25, -0.2) is 22.4 Å². The highest BCUT2D eigenvalue weighted by Crippen LogP contribution is 2.32. The van der Waals surface area contributed by atoms with Gasteiger partial charge in [0.1, 0.15) is 13.2 Å². The second-order valence-electron chi connectivity index (χ2n) is 7.14. The number of carboxylic acids is 1. The average molecular weight is 374 g/mol. The lowest BCUT2D eigenvalue weighted by Gasteiger charge is -2.25. The molecule has 0 saturated carbocycles.